The minimum absolute atomic E-state index is 0.0632. The van der Waals surface area contributed by atoms with Crippen molar-refractivity contribution in [2.45, 2.75) is 57.2 Å². The Morgan fingerprint density at radius 1 is 1.06 bits per heavy atom. The molecule has 7 unspecified atom stereocenters. The Labute approximate surface area is 196 Å². The van der Waals surface area contributed by atoms with Gasteiger partial charge in [0.05, 0.1) is 29.6 Å². The molecule has 34 heavy (non-hydrogen) atoms. The Hall–Kier alpha value is -2.01. The second kappa shape index (κ2) is 7.49. The molecule has 0 radical (unpaired) electrons. The molecule has 0 aromatic heterocycles. The topological polar surface area (TPSA) is 150 Å². The van der Waals surface area contributed by atoms with Gasteiger partial charge in [-0.2, -0.15) is 8.42 Å². The van der Waals surface area contributed by atoms with E-state index in [4.69, 9.17) is 18.8 Å². The fourth-order valence-electron chi connectivity index (χ4n) is 8.22. The summed E-state index contributed by atoms with van der Waals surface area (Å²) in [6, 6.07) is 0. The van der Waals surface area contributed by atoms with Crippen molar-refractivity contribution in [3.63, 3.8) is 0 Å². The number of rotatable bonds is 7. The highest BCUT2D eigenvalue weighted by molar-refractivity contribution is 7.85. The standard InChI is InChI=1S/C23H28O10S/c24-17-11-4-10-5-12(17)9-23(7-10,8-11)22(27)33-19-13-6-14-16(21(26)32-18(14)19)15(13)20(25)31-2-1-3-34(28,29)30/h10-16,18-19H,1-9H2,(H,28,29,30)/t10?,11?,12?,13-,14?,15?,16?,18?,19?,23?/m1/s1. The van der Waals surface area contributed by atoms with Crippen molar-refractivity contribution in [3.05, 3.63) is 0 Å². The summed E-state index contributed by atoms with van der Waals surface area (Å²) in [5.74, 6) is -3.56. The molecule has 1 N–H and O–H groups in total. The van der Waals surface area contributed by atoms with Crippen LogP contribution in [-0.2, 0) is 43.5 Å². The van der Waals surface area contributed by atoms with E-state index in [1.54, 1.807) is 0 Å². The highest BCUT2D eigenvalue weighted by atomic mass is 32.2. The van der Waals surface area contributed by atoms with Gasteiger partial charge in [0.1, 0.15) is 18.0 Å². The van der Waals surface area contributed by atoms with Crippen LogP contribution >= 0.6 is 0 Å². The third kappa shape index (κ3) is 3.33. The highest BCUT2D eigenvalue weighted by Gasteiger charge is 2.71. The second-order valence-corrected chi connectivity index (χ2v) is 12.8. The Kier molecular flexibility index (Phi) is 4.95. The van der Waals surface area contributed by atoms with E-state index in [9.17, 15) is 27.6 Å². The van der Waals surface area contributed by atoms with Crippen LogP contribution in [0.15, 0.2) is 0 Å². The van der Waals surface area contributed by atoms with Gasteiger partial charge in [0.25, 0.3) is 10.1 Å². The van der Waals surface area contributed by atoms with E-state index >= 15 is 0 Å². The lowest BCUT2D eigenvalue weighted by Crippen LogP contribution is -2.56. The second-order valence-electron chi connectivity index (χ2n) is 11.2. The van der Waals surface area contributed by atoms with Crippen molar-refractivity contribution >= 4 is 33.8 Å². The molecule has 6 saturated carbocycles. The van der Waals surface area contributed by atoms with E-state index in [1.165, 1.54) is 0 Å². The fraction of sp³-hybridized carbons (Fsp3) is 0.826. The molecule has 7 fully saturated rings. The van der Waals surface area contributed by atoms with Gasteiger partial charge in [-0.15, -0.1) is 0 Å². The molecule has 7 aliphatic rings. The van der Waals surface area contributed by atoms with Gasteiger partial charge in [0, 0.05) is 23.7 Å². The first-order valence-electron chi connectivity index (χ1n) is 12.1. The maximum Gasteiger partial charge on any atom is 0.312 e. The third-order valence-electron chi connectivity index (χ3n) is 9.28. The fourth-order valence-corrected chi connectivity index (χ4v) is 8.71. The first-order valence-corrected chi connectivity index (χ1v) is 13.7. The minimum Gasteiger partial charge on any atom is -0.465 e. The van der Waals surface area contributed by atoms with E-state index in [1.807, 2.05) is 0 Å². The highest BCUT2D eigenvalue weighted by Crippen LogP contribution is 2.62. The number of Topliss-reactive ketones (excluding diaryl/α,β-unsaturated/α-hetero) is 1. The smallest absolute Gasteiger partial charge is 0.312 e. The largest absolute Gasteiger partial charge is 0.465 e. The quantitative estimate of drug-likeness (QED) is 0.233. The van der Waals surface area contributed by atoms with Gasteiger partial charge in [0.2, 0.25) is 0 Å². The molecule has 0 spiro atoms. The van der Waals surface area contributed by atoms with Crippen LogP contribution in [0.1, 0.15) is 44.9 Å². The molecule has 0 amide bonds. The van der Waals surface area contributed by atoms with Crippen molar-refractivity contribution in [3.8, 4) is 0 Å². The van der Waals surface area contributed by atoms with Crippen LogP contribution in [0.5, 0.6) is 0 Å². The summed E-state index contributed by atoms with van der Waals surface area (Å²) in [6.45, 7) is -0.205. The zero-order valence-corrected chi connectivity index (χ0v) is 19.4. The SMILES string of the molecule is O=C1C2CC3CC1CC(C(=O)OC1C4OC(=O)C5C4C[C@@H]1C5C(=O)OCCCS(=O)(=O)O)(C3)C2. The van der Waals surface area contributed by atoms with Gasteiger partial charge >= 0.3 is 17.9 Å². The zero-order valence-electron chi connectivity index (χ0n) is 18.6. The minimum atomic E-state index is -4.16. The van der Waals surface area contributed by atoms with Crippen LogP contribution in [0, 0.1) is 46.8 Å². The maximum atomic E-state index is 13.5. The summed E-state index contributed by atoms with van der Waals surface area (Å²) in [5, 5.41) is 0. The summed E-state index contributed by atoms with van der Waals surface area (Å²) >= 11 is 0. The molecule has 10 nitrogen and oxygen atoms in total. The lowest BCUT2D eigenvalue weighted by molar-refractivity contribution is -0.188. The van der Waals surface area contributed by atoms with Crippen molar-refractivity contribution in [1.82, 2.24) is 0 Å². The van der Waals surface area contributed by atoms with Gasteiger partial charge < -0.3 is 14.2 Å². The summed E-state index contributed by atoms with van der Waals surface area (Å²) in [5.41, 5.74) is -0.667. The zero-order chi connectivity index (χ0) is 24.0. The normalized spacial score (nSPS) is 45.5. The number of carbonyl (C=O) groups is 4. The number of esters is 3. The molecule has 6 bridgehead atoms. The molecule has 0 aromatic rings. The van der Waals surface area contributed by atoms with Gasteiger partial charge in [-0.3, -0.25) is 23.7 Å². The molecule has 8 atom stereocenters. The average molecular weight is 497 g/mol. The van der Waals surface area contributed by atoms with E-state index in [0.717, 1.165) is 19.3 Å². The van der Waals surface area contributed by atoms with Crippen LogP contribution in [0.3, 0.4) is 0 Å². The monoisotopic (exact) mass is 496 g/mol. The Morgan fingerprint density at radius 3 is 2.44 bits per heavy atom. The van der Waals surface area contributed by atoms with Crippen molar-refractivity contribution in [2.24, 2.45) is 46.8 Å². The van der Waals surface area contributed by atoms with E-state index < -0.39 is 63.2 Å². The number of fused-ring (bicyclic) bond motifs is 1. The predicted molar refractivity (Wildman–Crippen MR) is 111 cm³/mol. The Morgan fingerprint density at radius 2 is 1.76 bits per heavy atom. The van der Waals surface area contributed by atoms with E-state index in [0.29, 0.717) is 25.2 Å². The van der Waals surface area contributed by atoms with Gasteiger partial charge in [-0.05, 0) is 50.9 Å². The molecular formula is C23H28O10S. The van der Waals surface area contributed by atoms with Crippen LogP contribution in [0.2, 0.25) is 0 Å². The Bertz CT molecular complexity index is 1050. The van der Waals surface area contributed by atoms with Crippen molar-refractivity contribution < 1.29 is 46.4 Å². The Balaban J connectivity index is 1.16. The van der Waals surface area contributed by atoms with E-state index in [2.05, 4.69) is 0 Å². The lowest BCUT2D eigenvalue weighted by atomic mass is 9.49. The first kappa shape index (κ1) is 22.5. The number of ketones is 1. The van der Waals surface area contributed by atoms with Gasteiger partial charge in [-0.1, -0.05) is 0 Å². The summed E-state index contributed by atoms with van der Waals surface area (Å²) in [7, 11) is -4.16. The molecule has 6 aliphatic carbocycles. The summed E-state index contributed by atoms with van der Waals surface area (Å²) in [4.78, 5) is 51.4. The van der Waals surface area contributed by atoms with Crippen LogP contribution in [-0.4, -0.2) is 61.2 Å². The predicted octanol–water partition coefficient (Wildman–Crippen LogP) is 0.922. The van der Waals surface area contributed by atoms with Crippen LogP contribution in [0.25, 0.3) is 0 Å². The molecule has 186 valence electrons. The van der Waals surface area contributed by atoms with Crippen LogP contribution < -0.4 is 0 Å². The van der Waals surface area contributed by atoms with E-state index in [-0.39, 0.29) is 42.5 Å². The molecule has 7 rings (SSSR count). The van der Waals surface area contributed by atoms with Crippen molar-refractivity contribution in [1.29, 1.82) is 0 Å². The number of hydrogen-bond donors (Lipinski definition) is 1. The molecule has 11 heteroatoms. The molecule has 1 heterocycles. The van der Waals surface area contributed by atoms with Crippen LogP contribution in [0.4, 0.5) is 0 Å². The summed E-state index contributed by atoms with van der Waals surface area (Å²) in [6.07, 6.45) is 2.63. The first-order chi connectivity index (χ1) is 16.1. The van der Waals surface area contributed by atoms with Gasteiger partial charge in [0.15, 0.2) is 0 Å². The number of ether oxygens (including phenoxy) is 3. The number of carbonyl (C=O) groups excluding carboxylic acids is 4. The number of hydrogen-bond acceptors (Lipinski definition) is 9. The third-order valence-corrected chi connectivity index (χ3v) is 10.1. The molecular weight excluding hydrogens is 468 g/mol. The maximum absolute atomic E-state index is 13.5. The lowest BCUT2D eigenvalue weighted by Gasteiger charge is -2.54. The average Bonchev–Trinajstić information content (AvgIpc) is 3.37. The summed E-state index contributed by atoms with van der Waals surface area (Å²) < 4.78 is 47.4. The van der Waals surface area contributed by atoms with Gasteiger partial charge in [-0.25, -0.2) is 0 Å². The van der Waals surface area contributed by atoms with Crippen molar-refractivity contribution in [2.75, 3.05) is 12.4 Å². The molecule has 0 aromatic carbocycles. The molecule has 1 aliphatic heterocycles. The molecule has 1 saturated heterocycles.